The molecule has 0 amide bonds. The summed E-state index contributed by atoms with van der Waals surface area (Å²) < 4.78 is 4.98. The van der Waals surface area contributed by atoms with Gasteiger partial charge in [0, 0.05) is 17.3 Å². The second kappa shape index (κ2) is 9.66. The Labute approximate surface area is 177 Å². The Morgan fingerprint density at radius 3 is 2.67 bits per heavy atom. The monoisotopic (exact) mass is 427 g/mol. The largest absolute Gasteiger partial charge is 0.462 e. The van der Waals surface area contributed by atoms with Gasteiger partial charge in [-0.05, 0) is 36.8 Å². The molecule has 0 radical (unpaired) electrons. The van der Waals surface area contributed by atoms with Crippen LogP contribution in [0.2, 0.25) is 5.02 Å². The van der Waals surface area contributed by atoms with E-state index in [1.165, 1.54) is 12.4 Å². The number of anilines is 3. The number of esters is 1. The van der Waals surface area contributed by atoms with Crippen LogP contribution in [0.5, 0.6) is 0 Å². The van der Waals surface area contributed by atoms with Crippen molar-refractivity contribution in [2.24, 2.45) is 0 Å². The topological polar surface area (TPSA) is 119 Å². The number of carbonyl (C=O) groups excluding carboxylic acids is 1. The van der Waals surface area contributed by atoms with Crippen LogP contribution < -0.4 is 10.6 Å². The van der Waals surface area contributed by atoms with E-state index in [1.807, 2.05) is 12.1 Å². The normalized spacial score (nSPS) is 10.3. The molecule has 0 aliphatic rings. The van der Waals surface area contributed by atoms with E-state index in [9.17, 15) is 14.9 Å². The first-order valence-corrected chi connectivity index (χ1v) is 9.38. The van der Waals surface area contributed by atoms with Gasteiger partial charge >= 0.3 is 11.7 Å². The molecule has 30 heavy (non-hydrogen) atoms. The molecule has 3 aromatic rings. The van der Waals surface area contributed by atoms with Gasteiger partial charge in [-0.3, -0.25) is 10.1 Å². The van der Waals surface area contributed by atoms with E-state index >= 15 is 0 Å². The van der Waals surface area contributed by atoms with Crippen molar-refractivity contribution in [3.63, 3.8) is 0 Å². The lowest BCUT2D eigenvalue weighted by Crippen LogP contribution is -2.09. The summed E-state index contributed by atoms with van der Waals surface area (Å²) in [5.41, 5.74) is 1.20. The lowest BCUT2D eigenvalue weighted by Gasteiger charge is -2.11. The lowest BCUT2D eigenvalue weighted by molar-refractivity contribution is -0.383. The summed E-state index contributed by atoms with van der Waals surface area (Å²) in [5, 5.41) is 18.1. The molecule has 154 valence electrons. The summed E-state index contributed by atoms with van der Waals surface area (Å²) in [6.45, 7) is 2.20. The SMILES string of the molecule is CCOC(=O)c1cccc(Nc2ncnc(NCc3ccccc3Cl)c2[N+](=O)[O-])c1. The molecule has 1 aromatic heterocycles. The minimum absolute atomic E-state index is 0.0160. The van der Waals surface area contributed by atoms with Crippen molar-refractivity contribution in [1.82, 2.24) is 9.97 Å². The minimum atomic E-state index is -0.577. The van der Waals surface area contributed by atoms with Gasteiger partial charge in [0.25, 0.3) is 0 Å². The number of benzene rings is 2. The van der Waals surface area contributed by atoms with Gasteiger partial charge in [-0.2, -0.15) is 0 Å². The molecule has 2 aromatic carbocycles. The minimum Gasteiger partial charge on any atom is -0.462 e. The molecule has 10 heteroatoms. The zero-order chi connectivity index (χ0) is 21.5. The van der Waals surface area contributed by atoms with Crippen molar-refractivity contribution in [3.8, 4) is 0 Å². The molecule has 3 rings (SSSR count). The van der Waals surface area contributed by atoms with E-state index in [0.29, 0.717) is 16.3 Å². The van der Waals surface area contributed by atoms with Crippen LogP contribution in [0.15, 0.2) is 54.9 Å². The fourth-order valence-electron chi connectivity index (χ4n) is 2.67. The predicted molar refractivity (Wildman–Crippen MR) is 113 cm³/mol. The molecule has 1 heterocycles. The van der Waals surface area contributed by atoms with Crippen LogP contribution in [0, 0.1) is 10.1 Å². The van der Waals surface area contributed by atoms with Crippen molar-refractivity contribution in [2.45, 2.75) is 13.5 Å². The third-order valence-corrected chi connectivity index (χ3v) is 4.41. The number of ether oxygens (including phenoxy) is 1. The standard InChI is InChI=1S/C20H18ClN5O4/c1-2-30-20(27)13-7-5-8-15(10-13)25-19-17(26(28)29)18(23-12-24-19)22-11-14-6-3-4-9-16(14)21/h3-10,12H,2,11H2,1H3,(H2,22,23,24,25). The predicted octanol–water partition coefficient (Wildman–Crippen LogP) is 4.57. The quantitative estimate of drug-likeness (QED) is 0.305. The van der Waals surface area contributed by atoms with E-state index in [2.05, 4.69) is 20.6 Å². The van der Waals surface area contributed by atoms with Crippen LogP contribution in [0.1, 0.15) is 22.8 Å². The molecular formula is C20H18ClN5O4. The Hall–Kier alpha value is -3.72. The Kier molecular flexibility index (Phi) is 6.76. The Bertz CT molecular complexity index is 1080. The van der Waals surface area contributed by atoms with E-state index < -0.39 is 10.9 Å². The maximum Gasteiger partial charge on any atom is 0.353 e. The van der Waals surface area contributed by atoms with Gasteiger partial charge < -0.3 is 15.4 Å². The van der Waals surface area contributed by atoms with Gasteiger partial charge in [-0.25, -0.2) is 14.8 Å². The summed E-state index contributed by atoms with van der Waals surface area (Å²) in [4.78, 5) is 31.1. The van der Waals surface area contributed by atoms with Crippen molar-refractivity contribution in [3.05, 3.63) is 81.1 Å². The summed E-state index contributed by atoms with van der Waals surface area (Å²) >= 11 is 6.14. The van der Waals surface area contributed by atoms with Gasteiger partial charge in [0.05, 0.1) is 17.1 Å². The van der Waals surface area contributed by atoms with Gasteiger partial charge in [0.1, 0.15) is 6.33 Å². The number of hydrogen-bond acceptors (Lipinski definition) is 8. The molecule has 0 saturated heterocycles. The first-order chi connectivity index (χ1) is 14.5. The second-order valence-electron chi connectivity index (χ2n) is 6.05. The molecular weight excluding hydrogens is 410 g/mol. The van der Waals surface area contributed by atoms with Gasteiger partial charge in [0.2, 0.25) is 11.6 Å². The van der Waals surface area contributed by atoms with E-state index in [1.54, 1.807) is 37.3 Å². The molecule has 2 N–H and O–H groups in total. The molecule has 0 aliphatic carbocycles. The van der Waals surface area contributed by atoms with Crippen LogP contribution in [0.3, 0.4) is 0 Å². The molecule has 0 spiro atoms. The fraction of sp³-hybridized carbons (Fsp3) is 0.150. The van der Waals surface area contributed by atoms with E-state index in [0.717, 1.165) is 5.56 Å². The number of aromatic nitrogens is 2. The third-order valence-electron chi connectivity index (χ3n) is 4.05. The molecule has 0 atom stereocenters. The van der Waals surface area contributed by atoms with Gasteiger partial charge in [-0.1, -0.05) is 35.9 Å². The zero-order valence-corrected chi connectivity index (χ0v) is 16.7. The van der Waals surface area contributed by atoms with Gasteiger partial charge in [0.15, 0.2) is 0 Å². The van der Waals surface area contributed by atoms with E-state index in [4.69, 9.17) is 16.3 Å². The molecule has 0 bridgehead atoms. The average Bonchev–Trinajstić information content (AvgIpc) is 2.73. The smallest absolute Gasteiger partial charge is 0.353 e. The van der Waals surface area contributed by atoms with Crippen molar-refractivity contribution in [1.29, 1.82) is 0 Å². The Balaban J connectivity index is 1.86. The van der Waals surface area contributed by atoms with Crippen LogP contribution in [0.25, 0.3) is 0 Å². The summed E-state index contributed by atoms with van der Waals surface area (Å²) in [5.74, 6) is -0.461. The summed E-state index contributed by atoms with van der Waals surface area (Å²) in [6.07, 6.45) is 1.21. The first-order valence-electron chi connectivity index (χ1n) is 9.00. The van der Waals surface area contributed by atoms with E-state index in [-0.39, 0.29) is 30.5 Å². The number of nitro groups is 1. The average molecular weight is 428 g/mol. The van der Waals surface area contributed by atoms with Crippen LogP contribution in [-0.2, 0) is 11.3 Å². The highest BCUT2D eigenvalue weighted by Gasteiger charge is 2.23. The van der Waals surface area contributed by atoms with Crippen LogP contribution >= 0.6 is 11.6 Å². The maximum absolute atomic E-state index is 11.9. The van der Waals surface area contributed by atoms with Crippen molar-refractivity contribution >= 4 is 40.6 Å². The highest BCUT2D eigenvalue weighted by molar-refractivity contribution is 6.31. The molecule has 0 fully saturated rings. The number of nitrogens with one attached hydrogen (secondary N) is 2. The second-order valence-corrected chi connectivity index (χ2v) is 6.46. The number of halogens is 1. The molecule has 0 aliphatic heterocycles. The van der Waals surface area contributed by atoms with Gasteiger partial charge in [-0.15, -0.1) is 0 Å². The summed E-state index contributed by atoms with van der Waals surface area (Å²) in [7, 11) is 0. The number of nitrogens with zero attached hydrogens (tertiary/aromatic N) is 3. The van der Waals surface area contributed by atoms with Crippen LogP contribution in [0.4, 0.5) is 23.0 Å². The van der Waals surface area contributed by atoms with Crippen molar-refractivity contribution < 1.29 is 14.5 Å². The highest BCUT2D eigenvalue weighted by atomic mass is 35.5. The number of carbonyl (C=O) groups is 1. The fourth-order valence-corrected chi connectivity index (χ4v) is 2.87. The zero-order valence-electron chi connectivity index (χ0n) is 16.0. The number of hydrogen-bond donors (Lipinski definition) is 2. The lowest BCUT2D eigenvalue weighted by atomic mass is 10.2. The third kappa shape index (κ3) is 5.00. The molecule has 0 saturated carbocycles. The molecule has 0 unspecified atom stereocenters. The highest BCUT2D eigenvalue weighted by Crippen LogP contribution is 2.32. The maximum atomic E-state index is 11.9. The summed E-state index contributed by atoms with van der Waals surface area (Å²) in [6, 6.07) is 13.6. The first kappa shape index (κ1) is 21.0. The van der Waals surface area contributed by atoms with Crippen molar-refractivity contribution in [2.75, 3.05) is 17.2 Å². The Morgan fingerprint density at radius 1 is 1.17 bits per heavy atom. The Morgan fingerprint density at radius 2 is 1.93 bits per heavy atom. The van der Waals surface area contributed by atoms with Crippen LogP contribution in [-0.4, -0.2) is 27.5 Å². The molecule has 9 nitrogen and oxygen atoms in total. The number of rotatable bonds is 8.